The number of hydrogen-bond acceptors (Lipinski definition) is 10. The first kappa shape index (κ1) is 33.6. The number of hydroxylamine groups is 2. The Bertz CT molecular complexity index is 941. The van der Waals surface area contributed by atoms with Crippen molar-refractivity contribution in [2.45, 2.75) is 108 Å². The van der Waals surface area contributed by atoms with Gasteiger partial charge in [0.1, 0.15) is 6.04 Å². The molecule has 39 heavy (non-hydrogen) atoms. The zero-order valence-corrected chi connectivity index (χ0v) is 25.2. The lowest BCUT2D eigenvalue weighted by atomic mass is 9.86. The fourth-order valence-electron chi connectivity index (χ4n) is 5.00. The van der Waals surface area contributed by atoms with Gasteiger partial charge < -0.3 is 16.2 Å². The molecule has 0 spiro atoms. The van der Waals surface area contributed by atoms with Crippen LogP contribution < -0.4 is 16.5 Å². The maximum absolute atomic E-state index is 13.6. The summed E-state index contributed by atoms with van der Waals surface area (Å²) in [6.45, 7) is 9.37. The monoisotopic (exact) mass is 595 g/mol. The maximum atomic E-state index is 13.6. The highest BCUT2D eigenvalue weighted by molar-refractivity contribution is 8.01. The molecular weight excluding hydrogens is 550 g/mol. The fraction of sp³-hybridized carbons (Fsp3) is 0.875. The molecule has 0 radical (unpaired) electrons. The molecule has 3 amide bonds. The van der Waals surface area contributed by atoms with E-state index in [-0.39, 0.29) is 28.9 Å². The average Bonchev–Trinajstić information content (AvgIpc) is 3.28. The topological polar surface area (TPSA) is 181 Å². The van der Waals surface area contributed by atoms with Crippen molar-refractivity contribution >= 4 is 40.1 Å². The lowest BCUT2D eigenvalue weighted by Gasteiger charge is -2.39. The van der Waals surface area contributed by atoms with Crippen molar-refractivity contribution in [1.82, 2.24) is 20.8 Å². The SMILES string of the molecule is CCCOS(=O)(=O)ON(C(=O)O)[C@@H](C(=O)NN1CCC[C@H]1C(=O)NCC1CCC(N)CC1)C(C)(C)SC(C)C. The summed E-state index contributed by atoms with van der Waals surface area (Å²) in [7, 11) is -4.76. The summed E-state index contributed by atoms with van der Waals surface area (Å²) in [6.07, 6.45) is 3.48. The van der Waals surface area contributed by atoms with Crippen molar-refractivity contribution in [3.05, 3.63) is 0 Å². The summed E-state index contributed by atoms with van der Waals surface area (Å²) < 4.78 is 33.0. The summed E-state index contributed by atoms with van der Waals surface area (Å²) >= 11 is 1.28. The smallest absolute Gasteiger partial charge is 0.433 e. The van der Waals surface area contributed by atoms with Crippen molar-refractivity contribution in [3.63, 3.8) is 0 Å². The lowest BCUT2D eigenvalue weighted by Crippen LogP contribution is -2.62. The number of carboxylic acid groups (broad SMARTS) is 1. The van der Waals surface area contributed by atoms with Crippen LogP contribution >= 0.6 is 11.8 Å². The van der Waals surface area contributed by atoms with Crippen LogP contribution in [0.25, 0.3) is 0 Å². The molecule has 0 aromatic heterocycles. The number of nitrogens with zero attached hydrogens (tertiary/aromatic N) is 2. The largest absolute Gasteiger partial charge is 0.463 e. The number of amides is 3. The van der Waals surface area contributed by atoms with Gasteiger partial charge in [0.2, 0.25) is 5.91 Å². The van der Waals surface area contributed by atoms with Gasteiger partial charge in [0.05, 0.1) is 6.61 Å². The molecule has 1 aliphatic carbocycles. The number of nitrogens with one attached hydrogen (secondary N) is 2. The van der Waals surface area contributed by atoms with Crippen LogP contribution in [0.2, 0.25) is 0 Å². The van der Waals surface area contributed by atoms with Gasteiger partial charge in [-0.15, -0.1) is 4.28 Å². The minimum atomic E-state index is -4.76. The van der Waals surface area contributed by atoms with E-state index in [1.165, 1.54) is 16.8 Å². The van der Waals surface area contributed by atoms with Crippen molar-refractivity contribution in [2.75, 3.05) is 19.7 Å². The highest BCUT2D eigenvalue weighted by Gasteiger charge is 2.47. The number of thioether (sulfide) groups is 1. The standard InChI is InChI=1S/C24H45N5O8S2/c1-6-14-36-39(34,35)37-29(23(32)33)20(24(4,5)38-16(2)3)22(31)27-28-13-7-8-19(28)21(30)26-15-17-9-11-18(25)12-10-17/h16-20H,6-15,25H2,1-5H3,(H,26,30)(H,27,31)(H,32,33)/t17?,18?,19-,20-/m0/s1. The Morgan fingerprint density at radius 2 is 1.82 bits per heavy atom. The van der Waals surface area contributed by atoms with Crippen LogP contribution in [0.4, 0.5) is 4.79 Å². The van der Waals surface area contributed by atoms with Crippen molar-refractivity contribution in [1.29, 1.82) is 0 Å². The van der Waals surface area contributed by atoms with E-state index in [9.17, 15) is 27.9 Å². The van der Waals surface area contributed by atoms with Crippen LogP contribution in [0.5, 0.6) is 0 Å². The van der Waals surface area contributed by atoms with E-state index in [1.54, 1.807) is 20.8 Å². The second-order valence-electron chi connectivity index (χ2n) is 10.9. The fourth-order valence-corrected chi connectivity index (χ4v) is 7.31. The van der Waals surface area contributed by atoms with E-state index in [4.69, 9.17) is 10.0 Å². The summed E-state index contributed by atoms with van der Waals surface area (Å²) in [6, 6.07) is -2.03. The minimum absolute atomic E-state index is 0.0291. The molecule has 2 rings (SSSR count). The van der Waals surface area contributed by atoms with Crippen molar-refractivity contribution < 1.29 is 36.4 Å². The van der Waals surface area contributed by atoms with Gasteiger partial charge in [0, 0.05) is 23.9 Å². The van der Waals surface area contributed by atoms with E-state index < -0.39 is 39.2 Å². The normalized spacial score (nSPS) is 23.4. The number of carbonyl (C=O) groups excluding carboxylic acids is 2. The number of hydrogen-bond donors (Lipinski definition) is 4. The third-order valence-corrected chi connectivity index (χ3v) is 8.84. The van der Waals surface area contributed by atoms with Gasteiger partial charge >= 0.3 is 16.5 Å². The Balaban J connectivity index is 2.20. The van der Waals surface area contributed by atoms with E-state index in [2.05, 4.69) is 14.9 Å². The van der Waals surface area contributed by atoms with E-state index >= 15 is 0 Å². The summed E-state index contributed by atoms with van der Waals surface area (Å²) in [4.78, 5) is 38.9. The Kier molecular flexibility index (Phi) is 12.8. The Morgan fingerprint density at radius 1 is 1.18 bits per heavy atom. The molecule has 1 aliphatic heterocycles. The zero-order chi connectivity index (χ0) is 29.4. The van der Waals surface area contributed by atoms with Crippen LogP contribution in [0.3, 0.4) is 0 Å². The number of nitrogens with two attached hydrogens (primary N) is 1. The quantitative estimate of drug-likeness (QED) is 0.216. The average molecular weight is 596 g/mol. The highest BCUT2D eigenvalue weighted by atomic mass is 32.3. The third-order valence-electron chi connectivity index (χ3n) is 6.74. The van der Waals surface area contributed by atoms with E-state index in [1.807, 2.05) is 13.8 Å². The Labute approximate surface area is 236 Å². The molecular formula is C24H45N5O8S2. The Hall–Kier alpha value is -1.65. The molecule has 2 atom stereocenters. The zero-order valence-electron chi connectivity index (χ0n) is 23.6. The van der Waals surface area contributed by atoms with E-state index in [0.717, 1.165) is 25.7 Å². The van der Waals surface area contributed by atoms with Crippen molar-refractivity contribution in [3.8, 4) is 0 Å². The first-order chi connectivity index (χ1) is 18.2. The summed E-state index contributed by atoms with van der Waals surface area (Å²) in [5.74, 6) is -0.686. The molecule has 5 N–H and O–H groups in total. The predicted molar refractivity (Wildman–Crippen MR) is 148 cm³/mol. The molecule has 0 aromatic rings. The molecule has 2 fully saturated rings. The molecule has 0 unspecified atom stereocenters. The first-order valence-corrected chi connectivity index (χ1v) is 15.8. The van der Waals surface area contributed by atoms with Gasteiger partial charge in [-0.05, 0) is 70.0 Å². The van der Waals surface area contributed by atoms with Gasteiger partial charge in [0.25, 0.3) is 5.91 Å². The number of rotatable bonds is 14. The van der Waals surface area contributed by atoms with Crippen LogP contribution in [-0.4, -0.2) is 89.3 Å². The maximum Gasteiger partial charge on any atom is 0.433 e. The lowest BCUT2D eigenvalue weighted by molar-refractivity contribution is -0.147. The molecule has 13 nitrogen and oxygen atoms in total. The van der Waals surface area contributed by atoms with Gasteiger partial charge in [-0.2, -0.15) is 25.2 Å². The van der Waals surface area contributed by atoms with Crippen molar-refractivity contribution in [2.24, 2.45) is 11.7 Å². The molecule has 226 valence electrons. The molecule has 2 aliphatic rings. The van der Waals surface area contributed by atoms with Gasteiger partial charge in [-0.3, -0.25) is 15.0 Å². The third kappa shape index (κ3) is 10.4. The van der Waals surface area contributed by atoms with Gasteiger partial charge in [0.15, 0.2) is 6.04 Å². The number of carbonyl (C=O) groups is 3. The van der Waals surface area contributed by atoms with Crippen LogP contribution in [0.1, 0.15) is 79.6 Å². The van der Waals surface area contributed by atoms with E-state index in [0.29, 0.717) is 38.3 Å². The molecule has 1 saturated carbocycles. The highest BCUT2D eigenvalue weighted by Crippen LogP contribution is 2.35. The van der Waals surface area contributed by atoms with Crippen LogP contribution in [0, 0.1) is 5.92 Å². The predicted octanol–water partition coefficient (Wildman–Crippen LogP) is 1.99. The summed E-state index contributed by atoms with van der Waals surface area (Å²) in [5.41, 5.74) is 8.65. The second kappa shape index (κ2) is 14.8. The van der Waals surface area contributed by atoms with Crippen LogP contribution in [-0.2, 0) is 28.5 Å². The first-order valence-electron chi connectivity index (χ1n) is 13.6. The molecule has 15 heteroatoms. The molecule has 0 bridgehead atoms. The molecule has 0 aromatic carbocycles. The van der Waals surface area contributed by atoms with Gasteiger partial charge in [-0.1, -0.05) is 20.8 Å². The minimum Gasteiger partial charge on any atom is -0.463 e. The number of hydrazine groups is 1. The van der Waals surface area contributed by atoms with Gasteiger partial charge in [-0.25, -0.2) is 14.0 Å². The summed E-state index contributed by atoms with van der Waals surface area (Å²) in [5, 5.41) is 14.5. The van der Waals surface area contributed by atoms with Crippen LogP contribution in [0.15, 0.2) is 0 Å². The molecule has 1 heterocycles. The Morgan fingerprint density at radius 3 is 2.38 bits per heavy atom. The second-order valence-corrected chi connectivity index (χ2v) is 14.4. The molecule has 1 saturated heterocycles.